The lowest BCUT2D eigenvalue weighted by atomic mass is 10.2. The van der Waals surface area contributed by atoms with E-state index in [0.717, 1.165) is 10.2 Å². The first-order valence-corrected chi connectivity index (χ1v) is 6.35. The SMILES string of the molecule is O=C(NCCCO)c1ccc2sc(Cl)nc2c1. The number of hydrogen-bond acceptors (Lipinski definition) is 4. The van der Waals surface area contributed by atoms with Crippen molar-refractivity contribution in [3.63, 3.8) is 0 Å². The molecule has 0 saturated heterocycles. The van der Waals surface area contributed by atoms with Crippen LogP contribution in [-0.2, 0) is 0 Å². The van der Waals surface area contributed by atoms with Gasteiger partial charge in [-0.2, -0.15) is 0 Å². The fraction of sp³-hybridized carbons (Fsp3) is 0.273. The molecule has 6 heteroatoms. The van der Waals surface area contributed by atoms with E-state index in [1.54, 1.807) is 12.1 Å². The van der Waals surface area contributed by atoms with Gasteiger partial charge in [0.2, 0.25) is 0 Å². The van der Waals surface area contributed by atoms with Gasteiger partial charge in [0.25, 0.3) is 5.91 Å². The molecule has 90 valence electrons. The maximum atomic E-state index is 11.7. The van der Waals surface area contributed by atoms with E-state index in [1.165, 1.54) is 11.3 Å². The van der Waals surface area contributed by atoms with Crippen LogP contribution in [-0.4, -0.2) is 29.1 Å². The molecule has 0 aliphatic heterocycles. The van der Waals surface area contributed by atoms with E-state index in [-0.39, 0.29) is 12.5 Å². The first-order valence-electron chi connectivity index (χ1n) is 5.16. The minimum Gasteiger partial charge on any atom is -0.396 e. The number of benzene rings is 1. The lowest BCUT2D eigenvalue weighted by Gasteiger charge is -2.03. The maximum Gasteiger partial charge on any atom is 0.251 e. The average Bonchev–Trinajstić information content (AvgIpc) is 2.68. The van der Waals surface area contributed by atoms with Crippen molar-refractivity contribution in [2.24, 2.45) is 0 Å². The molecule has 0 unspecified atom stereocenters. The number of carbonyl (C=O) groups is 1. The molecule has 1 amide bonds. The summed E-state index contributed by atoms with van der Waals surface area (Å²) < 4.78 is 1.43. The zero-order chi connectivity index (χ0) is 12.3. The standard InChI is InChI=1S/C11H11ClN2O2S/c12-11-14-8-6-7(2-3-9(8)17-11)10(16)13-4-1-5-15/h2-3,6,15H,1,4-5H2,(H,13,16). The van der Waals surface area contributed by atoms with Crippen LogP contribution in [0.25, 0.3) is 10.2 Å². The summed E-state index contributed by atoms with van der Waals surface area (Å²) in [7, 11) is 0. The number of amides is 1. The fourth-order valence-electron chi connectivity index (χ4n) is 1.42. The molecule has 0 spiro atoms. The summed E-state index contributed by atoms with van der Waals surface area (Å²) >= 11 is 7.18. The van der Waals surface area contributed by atoms with Gasteiger partial charge in [0.1, 0.15) is 0 Å². The average molecular weight is 271 g/mol. The van der Waals surface area contributed by atoms with Crippen molar-refractivity contribution in [3.05, 3.63) is 28.2 Å². The number of thiazole rings is 1. The van der Waals surface area contributed by atoms with E-state index < -0.39 is 0 Å². The summed E-state index contributed by atoms with van der Waals surface area (Å²) in [5, 5.41) is 11.3. The molecule has 0 fully saturated rings. The fourth-order valence-corrected chi connectivity index (χ4v) is 2.43. The highest BCUT2D eigenvalue weighted by Crippen LogP contribution is 2.26. The third kappa shape index (κ3) is 2.94. The van der Waals surface area contributed by atoms with Gasteiger partial charge in [-0.1, -0.05) is 11.6 Å². The van der Waals surface area contributed by atoms with Gasteiger partial charge in [0.15, 0.2) is 4.47 Å². The second-order valence-corrected chi connectivity index (χ2v) is 5.10. The predicted molar refractivity (Wildman–Crippen MR) is 68.7 cm³/mol. The van der Waals surface area contributed by atoms with Crippen LogP contribution in [0.5, 0.6) is 0 Å². The Morgan fingerprint density at radius 1 is 1.53 bits per heavy atom. The van der Waals surface area contributed by atoms with Crippen molar-refractivity contribution in [1.82, 2.24) is 10.3 Å². The Labute approximate surface area is 107 Å². The molecule has 0 saturated carbocycles. The predicted octanol–water partition coefficient (Wildman–Crippen LogP) is 2.06. The molecule has 2 aromatic rings. The number of aliphatic hydroxyl groups is 1. The number of carbonyl (C=O) groups excluding carboxylic acids is 1. The van der Waals surface area contributed by atoms with Gasteiger partial charge < -0.3 is 10.4 Å². The van der Waals surface area contributed by atoms with Gasteiger partial charge in [-0.3, -0.25) is 4.79 Å². The Balaban J connectivity index is 2.15. The molecular weight excluding hydrogens is 260 g/mol. The van der Waals surface area contributed by atoms with Crippen LogP contribution in [0, 0.1) is 0 Å². The number of fused-ring (bicyclic) bond motifs is 1. The molecular formula is C11H11ClN2O2S. The summed E-state index contributed by atoms with van der Waals surface area (Å²) in [4.78, 5) is 15.8. The van der Waals surface area contributed by atoms with E-state index in [4.69, 9.17) is 16.7 Å². The van der Waals surface area contributed by atoms with Crippen LogP contribution < -0.4 is 5.32 Å². The summed E-state index contributed by atoms with van der Waals surface area (Å²) in [6.07, 6.45) is 0.552. The van der Waals surface area contributed by atoms with Gasteiger partial charge in [-0.05, 0) is 24.6 Å². The van der Waals surface area contributed by atoms with Gasteiger partial charge in [-0.25, -0.2) is 4.98 Å². The minimum atomic E-state index is -0.163. The minimum absolute atomic E-state index is 0.0704. The number of hydrogen-bond donors (Lipinski definition) is 2. The second-order valence-electron chi connectivity index (χ2n) is 3.48. The molecule has 4 nitrogen and oxygen atoms in total. The maximum absolute atomic E-state index is 11.7. The Morgan fingerprint density at radius 2 is 2.35 bits per heavy atom. The second kappa shape index (κ2) is 5.44. The molecule has 1 aromatic carbocycles. The van der Waals surface area contributed by atoms with Gasteiger partial charge in [0.05, 0.1) is 10.2 Å². The molecule has 17 heavy (non-hydrogen) atoms. The smallest absolute Gasteiger partial charge is 0.251 e. The number of nitrogens with zero attached hydrogens (tertiary/aromatic N) is 1. The quantitative estimate of drug-likeness (QED) is 0.836. The van der Waals surface area contributed by atoms with Crippen molar-refractivity contribution in [2.45, 2.75) is 6.42 Å². The summed E-state index contributed by atoms with van der Waals surface area (Å²) in [5.41, 5.74) is 1.28. The number of aromatic nitrogens is 1. The normalized spacial score (nSPS) is 10.7. The lowest BCUT2D eigenvalue weighted by molar-refractivity contribution is 0.0951. The van der Waals surface area contributed by atoms with Crippen molar-refractivity contribution in [3.8, 4) is 0 Å². The number of halogens is 1. The van der Waals surface area contributed by atoms with E-state index in [1.807, 2.05) is 6.07 Å². The Morgan fingerprint density at radius 3 is 3.12 bits per heavy atom. The molecule has 0 aliphatic carbocycles. The van der Waals surface area contributed by atoms with E-state index in [0.29, 0.717) is 23.0 Å². The van der Waals surface area contributed by atoms with Crippen LogP contribution in [0.4, 0.5) is 0 Å². The lowest BCUT2D eigenvalue weighted by Crippen LogP contribution is -2.24. The monoisotopic (exact) mass is 270 g/mol. The summed E-state index contributed by atoms with van der Waals surface area (Å²) in [5.74, 6) is -0.163. The zero-order valence-electron chi connectivity index (χ0n) is 8.94. The largest absolute Gasteiger partial charge is 0.396 e. The Kier molecular flexibility index (Phi) is 3.93. The topological polar surface area (TPSA) is 62.2 Å². The molecule has 0 bridgehead atoms. The Hall–Kier alpha value is -1.17. The first-order chi connectivity index (χ1) is 8.20. The zero-order valence-corrected chi connectivity index (χ0v) is 10.5. The van der Waals surface area contributed by atoms with Crippen molar-refractivity contribution in [1.29, 1.82) is 0 Å². The summed E-state index contributed by atoms with van der Waals surface area (Å²) in [6, 6.07) is 5.29. The van der Waals surface area contributed by atoms with Gasteiger partial charge >= 0.3 is 0 Å². The van der Waals surface area contributed by atoms with E-state index in [9.17, 15) is 4.79 Å². The van der Waals surface area contributed by atoms with Crippen LogP contribution in [0.1, 0.15) is 16.8 Å². The molecule has 0 aliphatic rings. The van der Waals surface area contributed by atoms with E-state index >= 15 is 0 Å². The highest BCUT2D eigenvalue weighted by Gasteiger charge is 2.08. The van der Waals surface area contributed by atoms with Crippen LogP contribution in [0.2, 0.25) is 4.47 Å². The van der Waals surface area contributed by atoms with Gasteiger partial charge in [-0.15, -0.1) is 11.3 Å². The van der Waals surface area contributed by atoms with E-state index in [2.05, 4.69) is 10.3 Å². The highest BCUT2D eigenvalue weighted by molar-refractivity contribution is 7.22. The molecule has 2 rings (SSSR count). The van der Waals surface area contributed by atoms with Crippen LogP contribution in [0.3, 0.4) is 0 Å². The molecule has 1 aromatic heterocycles. The molecule has 0 radical (unpaired) electrons. The number of rotatable bonds is 4. The summed E-state index contributed by atoms with van der Waals surface area (Å²) in [6.45, 7) is 0.534. The van der Waals surface area contributed by atoms with Crippen molar-refractivity contribution in [2.75, 3.05) is 13.2 Å². The molecule has 1 heterocycles. The van der Waals surface area contributed by atoms with Gasteiger partial charge in [0, 0.05) is 18.7 Å². The van der Waals surface area contributed by atoms with Crippen LogP contribution in [0.15, 0.2) is 18.2 Å². The molecule has 0 atom stereocenters. The third-order valence-corrected chi connectivity index (χ3v) is 3.38. The highest BCUT2D eigenvalue weighted by atomic mass is 35.5. The third-order valence-electron chi connectivity index (χ3n) is 2.24. The van der Waals surface area contributed by atoms with Crippen molar-refractivity contribution >= 4 is 39.1 Å². The Bertz CT molecular complexity index is 541. The van der Waals surface area contributed by atoms with Crippen LogP contribution >= 0.6 is 22.9 Å². The molecule has 2 N–H and O–H groups in total. The first kappa shape index (κ1) is 12.3. The number of nitrogens with one attached hydrogen (secondary N) is 1. The number of aliphatic hydroxyl groups excluding tert-OH is 1. The van der Waals surface area contributed by atoms with Crippen molar-refractivity contribution < 1.29 is 9.90 Å².